The Morgan fingerprint density at radius 3 is 2.16 bits per heavy atom. The van der Waals surface area contributed by atoms with Gasteiger partial charge in [0.05, 0.1) is 5.76 Å². The van der Waals surface area contributed by atoms with Crippen LogP contribution in [0, 0.1) is 5.92 Å². The lowest BCUT2D eigenvalue weighted by atomic mass is 9.81. The third kappa shape index (κ3) is 3.98. The summed E-state index contributed by atoms with van der Waals surface area (Å²) in [7, 11) is 0. The molecule has 0 aromatic carbocycles. The summed E-state index contributed by atoms with van der Waals surface area (Å²) in [5.41, 5.74) is 1.71. The van der Waals surface area contributed by atoms with E-state index in [1.807, 2.05) is 13.8 Å². The zero-order chi connectivity index (χ0) is 14.5. The van der Waals surface area contributed by atoms with E-state index < -0.39 is 0 Å². The standard InChI is InChI=1S/C15H27NO.C2H6/c1-5-16-10-8-15(9-11-16)7-6-14(12(2)3)13(4)17-15;1-2/h12H,5-11H2,1-4H3;1-2H3. The van der Waals surface area contributed by atoms with Gasteiger partial charge in [-0.2, -0.15) is 0 Å². The van der Waals surface area contributed by atoms with Gasteiger partial charge in [0.1, 0.15) is 5.60 Å². The Bertz CT molecular complexity index is 298. The molecule has 1 saturated heterocycles. The number of likely N-dealkylation sites (tertiary alicyclic amines) is 1. The molecule has 2 aliphatic rings. The van der Waals surface area contributed by atoms with Crippen LogP contribution in [0.4, 0.5) is 0 Å². The van der Waals surface area contributed by atoms with E-state index in [1.165, 1.54) is 56.6 Å². The van der Waals surface area contributed by atoms with Crippen LogP contribution in [0.1, 0.15) is 67.2 Å². The maximum Gasteiger partial charge on any atom is 0.111 e. The van der Waals surface area contributed by atoms with Crippen molar-refractivity contribution in [3.63, 3.8) is 0 Å². The summed E-state index contributed by atoms with van der Waals surface area (Å²) in [6.07, 6.45) is 4.90. The molecule has 0 atom stereocenters. The molecule has 19 heavy (non-hydrogen) atoms. The van der Waals surface area contributed by atoms with Crippen molar-refractivity contribution in [3.8, 4) is 0 Å². The number of ether oxygens (including phenoxy) is 1. The highest BCUT2D eigenvalue weighted by Gasteiger charge is 2.39. The molecular formula is C17H33NO. The Morgan fingerprint density at radius 2 is 1.74 bits per heavy atom. The smallest absolute Gasteiger partial charge is 0.111 e. The Balaban J connectivity index is 0.000000861. The maximum atomic E-state index is 6.33. The third-order valence-corrected chi connectivity index (χ3v) is 4.58. The van der Waals surface area contributed by atoms with Crippen LogP contribution in [-0.2, 0) is 4.74 Å². The van der Waals surface area contributed by atoms with E-state index in [-0.39, 0.29) is 5.60 Å². The average molecular weight is 267 g/mol. The summed E-state index contributed by atoms with van der Waals surface area (Å²) in [5, 5.41) is 0. The Labute approximate surface area is 120 Å². The molecular weight excluding hydrogens is 234 g/mol. The molecule has 0 saturated carbocycles. The molecule has 2 nitrogen and oxygen atoms in total. The average Bonchev–Trinajstić information content (AvgIpc) is 2.41. The molecule has 2 heterocycles. The summed E-state index contributed by atoms with van der Waals surface area (Å²) >= 11 is 0. The molecule has 2 heteroatoms. The van der Waals surface area contributed by atoms with Crippen molar-refractivity contribution in [3.05, 3.63) is 11.3 Å². The Morgan fingerprint density at radius 1 is 1.16 bits per heavy atom. The number of hydrogen-bond acceptors (Lipinski definition) is 2. The molecule has 0 radical (unpaired) electrons. The largest absolute Gasteiger partial charge is 0.492 e. The van der Waals surface area contributed by atoms with E-state index >= 15 is 0 Å². The minimum atomic E-state index is 0.175. The second kappa shape index (κ2) is 7.33. The Kier molecular flexibility index (Phi) is 6.38. The number of rotatable bonds is 2. The fraction of sp³-hybridized carbons (Fsp3) is 0.882. The van der Waals surface area contributed by atoms with Gasteiger partial charge in [-0.15, -0.1) is 0 Å². The van der Waals surface area contributed by atoms with Crippen LogP contribution in [0.2, 0.25) is 0 Å². The number of piperidine rings is 1. The van der Waals surface area contributed by atoms with Crippen molar-refractivity contribution in [2.45, 2.75) is 72.8 Å². The quantitative estimate of drug-likeness (QED) is 0.724. The lowest BCUT2D eigenvalue weighted by Crippen LogP contribution is -2.47. The normalized spacial score (nSPS) is 23.1. The Hall–Kier alpha value is -0.500. The van der Waals surface area contributed by atoms with E-state index in [1.54, 1.807) is 0 Å². The first-order chi connectivity index (χ1) is 9.06. The molecule has 2 rings (SSSR count). The van der Waals surface area contributed by atoms with Crippen molar-refractivity contribution in [1.29, 1.82) is 0 Å². The lowest BCUT2D eigenvalue weighted by molar-refractivity contribution is -0.0638. The van der Waals surface area contributed by atoms with Gasteiger partial charge in [0, 0.05) is 13.1 Å². The first-order valence-electron chi connectivity index (χ1n) is 8.17. The van der Waals surface area contributed by atoms with Gasteiger partial charge < -0.3 is 9.64 Å². The van der Waals surface area contributed by atoms with Crippen molar-refractivity contribution in [2.24, 2.45) is 5.92 Å². The minimum absolute atomic E-state index is 0.175. The second-order valence-corrected chi connectivity index (χ2v) is 5.96. The van der Waals surface area contributed by atoms with Crippen LogP contribution in [-0.4, -0.2) is 30.1 Å². The van der Waals surface area contributed by atoms with Gasteiger partial charge in [0.25, 0.3) is 0 Å². The predicted molar refractivity (Wildman–Crippen MR) is 83.3 cm³/mol. The van der Waals surface area contributed by atoms with Crippen molar-refractivity contribution < 1.29 is 4.74 Å². The van der Waals surface area contributed by atoms with Gasteiger partial charge in [-0.1, -0.05) is 34.6 Å². The highest BCUT2D eigenvalue weighted by atomic mass is 16.5. The summed E-state index contributed by atoms with van der Waals surface area (Å²) < 4.78 is 6.33. The number of allylic oxidation sites excluding steroid dienone is 2. The van der Waals surface area contributed by atoms with Gasteiger partial charge in [-0.05, 0) is 50.6 Å². The molecule has 1 spiro atoms. The van der Waals surface area contributed by atoms with E-state index in [4.69, 9.17) is 4.74 Å². The monoisotopic (exact) mass is 267 g/mol. The second-order valence-electron chi connectivity index (χ2n) is 5.96. The minimum Gasteiger partial charge on any atom is -0.492 e. The summed E-state index contributed by atoms with van der Waals surface area (Å²) in [6, 6.07) is 0. The van der Waals surface area contributed by atoms with Crippen molar-refractivity contribution in [1.82, 2.24) is 4.90 Å². The van der Waals surface area contributed by atoms with Gasteiger partial charge in [0.15, 0.2) is 0 Å². The fourth-order valence-electron chi connectivity index (χ4n) is 3.30. The molecule has 0 aromatic heterocycles. The van der Waals surface area contributed by atoms with Crippen LogP contribution in [0.3, 0.4) is 0 Å². The van der Waals surface area contributed by atoms with Crippen molar-refractivity contribution >= 4 is 0 Å². The summed E-state index contributed by atoms with van der Waals surface area (Å²) in [4.78, 5) is 2.53. The molecule has 1 fully saturated rings. The summed E-state index contributed by atoms with van der Waals surface area (Å²) in [5.74, 6) is 1.86. The van der Waals surface area contributed by atoms with Gasteiger partial charge in [0.2, 0.25) is 0 Å². The maximum absolute atomic E-state index is 6.33. The van der Waals surface area contributed by atoms with E-state index in [2.05, 4.69) is 32.6 Å². The number of hydrogen-bond donors (Lipinski definition) is 0. The molecule has 0 unspecified atom stereocenters. The molecule has 112 valence electrons. The molecule has 0 bridgehead atoms. The zero-order valence-corrected chi connectivity index (χ0v) is 13.9. The van der Waals surface area contributed by atoms with Crippen LogP contribution in [0.25, 0.3) is 0 Å². The van der Waals surface area contributed by atoms with Crippen LogP contribution in [0.15, 0.2) is 11.3 Å². The highest BCUT2D eigenvalue weighted by molar-refractivity contribution is 5.15. The van der Waals surface area contributed by atoms with E-state index in [0.717, 1.165) is 0 Å². The molecule has 0 N–H and O–H groups in total. The van der Waals surface area contributed by atoms with Gasteiger partial charge in [-0.25, -0.2) is 0 Å². The van der Waals surface area contributed by atoms with E-state index in [9.17, 15) is 0 Å². The zero-order valence-electron chi connectivity index (χ0n) is 13.9. The van der Waals surface area contributed by atoms with E-state index in [0.29, 0.717) is 5.92 Å². The predicted octanol–water partition coefficient (Wildman–Crippen LogP) is 4.61. The van der Waals surface area contributed by atoms with Gasteiger partial charge in [-0.3, -0.25) is 0 Å². The molecule has 0 amide bonds. The first kappa shape index (κ1) is 16.6. The van der Waals surface area contributed by atoms with Crippen molar-refractivity contribution in [2.75, 3.05) is 19.6 Å². The fourth-order valence-corrected chi connectivity index (χ4v) is 3.30. The lowest BCUT2D eigenvalue weighted by Gasteiger charge is -2.45. The number of nitrogens with zero attached hydrogens (tertiary/aromatic N) is 1. The highest BCUT2D eigenvalue weighted by Crippen LogP contribution is 2.40. The van der Waals surface area contributed by atoms with Crippen LogP contribution >= 0.6 is 0 Å². The molecule has 0 aromatic rings. The van der Waals surface area contributed by atoms with Crippen LogP contribution in [0.5, 0.6) is 0 Å². The molecule has 2 aliphatic heterocycles. The topological polar surface area (TPSA) is 12.5 Å². The molecule has 0 aliphatic carbocycles. The van der Waals surface area contributed by atoms with Crippen LogP contribution < -0.4 is 0 Å². The summed E-state index contributed by atoms with van der Waals surface area (Å²) in [6.45, 7) is 16.6. The van der Waals surface area contributed by atoms with Gasteiger partial charge >= 0.3 is 0 Å². The third-order valence-electron chi connectivity index (χ3n) is 4.58. The first-order valence-corrected chi connectivity index (χ1v) is 8.17. The SMILES string of the molecule is CC.CCN1CCC2(CCC(C(C)C)=C(C)O2)CC1.